The molecule has 0 aliphatic heterocycles. The third-order valence-electron chi connectivity index (χ3n) is 3.40. The second-order valence-corrected chi connectivity index (χ2v) is 4.68. The van der Waals surface area contributed by atoms with Gasteiger partial charge in [-0.3, -0.25) is 0 Å². The van der Waals surface area contributed by atoms with E-state index in [1.54, 1.807) is 6.20 Å². The fraction of sp³-hybridized carbons (Fsp3) is 0.143. The smallest absolute Gasteiger partial charge is 0.216 e. The Morgan fingerprint density at radius 1 is 1.38 bits per heavy atom. The van der Waals surface area contributed by atoms with Crippen molar-refractivity contribution >= 4 is 22.2 Å². The molecule has 0 radical (unpaired) electrons. The SMILES string of the molecule is Cc1[nH]c2ccc(NC=C(C#N)c3nn[nH]n3)cc2c1C. The molecule has 0 unspecified atom stereocenters. The van der Waals surface area contributed by atoms with Crippen LogP contribution in [0.4, 0.5) is 5.69 Å². The van der Waals surface area contributed by atoms with Gasteiger partial charge in [-0.15, -0.1) is 10.2 Å². The van der Waals surface area contributed by atoms with Crippen LogP contribution in [0.5, 0.6) is 0 Å². The normalized spacial score (nSPS) is 11.6. The molecule has 7 nitrogen and oxygen atoms in total. The van der Waals surface area contributed by atoms with Crippen molar-refractivity contribution in [2.45, 2.75) is 13.8 Å². The van der Waals surface area contributed by atoms with E-state index < -0.39 is 0 Å². The van der Waals surface area contributed by atoms with Gasteiger partial charge < -0.3 is 10.3 Å². The molecule has 0 aliphatic carbocycles. The standard InChI is InChI=1S/C14H13N7/c1-8-9(2)17-13-4-3-11(5-12(8)13)16-7-10(6-15)14-18-20-21-19-14/h3-5,7,16-17H,1-2H3,(H,18,19,20,21). The van der Waals surface area contributed by atoms with Crippen molar-refractivity contribution in [2.24, 2.45) is 0 Å². The second-order valence-electron chi connectivity index (χ2n) is 4.68. The van der Waals surface area contributed by atoms with Gasteiger partial charge in [-0.05, 0) is 42.8 Å². The van der Waals surface area contributed by atoms with Crippen molar-refractivity contribution in [1.82, 2.24) is 25.6 Å². The van der Waals surface area contributed by atoms with Gasteiger partial charge in [0.1, 0.15) is 11.6 Å². The van der Waals surface area contributed by atoms with E-state index in [2.05, 4.69) is 37.8 Å². The zero-order valence-electron chi connectivity index (χ0n) is 11.6. The third-order valence-corrected chi connectivity index (χ3v) is 3.40. The van der Waals surface area contributed by atoms with E-state index in [-0.39, 0.29) is 5.82 Å². The highest BCUT2D eigenvalue weighted by Gasteiger charge is 2.07. The molecule has 2 aromatic heterocycles. The Morgan fingerprint density at radius 2 is 2.24 bits per heavy atom. The van der Waals surface area contributed by atoms with Crippen LogP contribution in [0.1, 0.15) is 17.1 Å². The number of aromatic amines is 2. The molecule has 1 aromatic carbocycles. The molecule has 0 aliphatic rings. The Hall–Kier alpha value is -3.14. The van der Waals surface area contributed by atoms with Crippen LogP contribution < -0.4 is 5.32 Å². The number of rotatable bonds is 3. The summed E-state index contributed by atoms with van der Waals surface area (Å²) < 4.78 is 0. The predicted octanol–water partition coefficient (Wildman–Crippen LogP) is 2.27. The topological polar surface area (TPSA) is 106 Å². The van der Waals surface area contributed by atoms with E-state index in [1.807, 2.05) is 31.2 Å². The largest absolute Gasteiger partial charge is 0.360 e. The molecular formula is C14H13N7. The molecule has 0 amide bonds. The number of nitrogens with one attached hydrogen (secondary N) is 3. The van der Waals surface area contributed by atoms with Gasteiger partial charge >= 0.3 is 0 Å². The third kappa shape index (κ3) is 2.34. The van der Waals surface area contributed by atoms with E-state index in [4.69, 9.17) is 5.26 Å². The molecule has 3 rings (SSSR count). The number of fused-ring (bicyclic) bond motifs is 1. The number of aryl methyl sites for hydroxylation is 2. The lowest BCUT2D eigenvalue weighted by Crippen LogP contribution is -1.93. The van der Waals surface area contributed by atoms with Gasteiger partial charge in [0.05, 0.1) is 0 Å². The van der Waals surface area contributed by atoms with Crippen LogP contribution in [-0.4, -0.2) is 25.6 Å². The highest BCUT2D eigenvalue weighted by atomic mass is 15.5. The highest BCUT2D eigenvalue weighted by molar-refractivity contribution is 5.88. The predicted molar refractivity (Wildman–Crippen MR) is 79.2 cm³/mol. The molecule has 104 valence electrons. The van der Waals surface area contributed by atoms with E-state index >= 15 is 0 Å². The summed E-state index contributed by atoms with van der Waals surface area (Å²) in [6, 6.07) is 8.02. The summed E-state index contributed by atoms with van der Waals surface area (Å²) in [7, 11) is 0. The van der Waals surface area contributed by atoms with Crippen molar-refractivity contribution in [1.29, 1.82) is 5.26 Å². The summed E-state index contributed by atoms with van der Waals surface area (Å²) in [5.74, 6) is 0.264. The van der Waals surface area contributed by atoms with Gasteiger partial charge in [0.25, 0.3) is 0 Å². The molecule has 7 heteroatoms. The maximum Gasteiger partial charge on any atom is 0.216 e. The minimum atomic E-state index is 0.264. The summed E-state index contributed by atoms with van der Waals surface area (Å²) in [4.78, 5) is 3.32. The molecule has 0 bridgehead atoms. The minimum absolute atomic E-state index is 0.264. The fourth-order valence-electron chi connectivity index (χ4n) is 2.13. The van der Waals surface area contributed by atoms with Crippen molar-refractivity contribution in [3.63, 3.8) is 0 Å². The van der Waals surface area contributed by atoms with Crippen LogP contribution in [0, 0.1) is 25.2 Å². The molecule has 0 spiro atoms. The quantitative estimate of drug-likeness (QED) is 0.638. The summed E-state index contributed by atoms with van der Waals surface area (Å²) in [6.07, 6.45) is 1.57. The maximum atomic E-state index is 9.11. The summed E-state index contributed by atoms with van der Waals surface area (Å²) in [6.45, 7) is 4.13. The van der Waals surface area contributed by atoms with Gasteiger partial charge in [-0.25, -0.2) is 0 Å². The van der Waals surface area contributed by atoms with E-state index in [1.165, 1.54) is 5.56 Å². The second kappa shape index (κ2) is 5.09. The van der Waals surface area contributed by atoms with Crippen molar-refractivity contribution in [3.8, 4) is 6.07 Å². The van der Waals surface area contributed by atoms with Crippen LogP contribution in [0.25, 0.3) is 16.5 Å². The zero-order chi connectivity index (χ0) is 14.8. The summed E-state index contributed by atoms with van der Waals surface area (Å²) in [5.41, 5.74) is 4.67. The number of anilines is 1. The molecule has 3 N–H and O–H groups in total. The maximum absolute atomic E-state index is 9.11. The number of aromatic nitrogens is 5. The van der Waals surface area contributed by atoms with Crippen LogP contribution in [0.2, 0.25) is 0 Å². The van der Waals surface area contributed by atoms with Gasteiger partial charge in [0.2, 0.25) is 5.82 Å². The molecule has 0 saturated carbocycles. The molecule has 0 saturated heterocycles. The average Bonchev–Trinajstić information content (AvgIpc) is 3.10. The Morgan fingerprint density at radius 3 is 2.95 bits per heavy atom. The zero-order valence-corrected chi connectivity index (χ0v) is 11.6. The first-order valence-corrected chi connectivity index (χ1v) is 6.38. The number of nitrogens with zero attached hydrogens (tertiary/aromatic N) is 4. The number of tetrazole rings is 1. The molecule has 21 heavy (non-hydrogen) atoms. The van der Waals surface area contributed by atoms with Crippen LogP contribution in [-0.2, 0) is 0 Å². The number of nitriles is 1. The average molecular weight is 279 g/mol. The van der Waals surface area contributed by atoms with Crippen LogP contribution in [0.15, 0.2) is 24.4 Å². The first-order chi connectivity index (χ1) is 10.2. The molecule has 0 fully saturated rings. The van der Waals surface area contributed by atoms with E-state index in [9.17, 15) is 0 Å². The lowest BCUT2D eigenvalue weighted by molar-refractivity contribution is 0.881. The minimum Gasteiger partial charge on any atom is -0.360 e. The molecular weight excluding hydrogens is 266 g/mol. The van der Waals surface area contributed by atoms with Crippen LogP contribution in [0.3, 0.4) is 0 Å². The Bertz CT molecular complexity index is 849. The number of hydrogen-bond donors (Lipinski definition) is 3. The van der Waals surface area contributed by atoms with Gasteiger partial charge in [0, 0.05) is 28.5 Å². The monoisotopic (exact) mass is 279 g/mol. The summed E-state index contributed by atoms with van der Waals surface area (Å²) in [5, 5.41) is 26.7. The lowest BCUT2D eigenvalue weighted by atomic mass is 10.1. The number of benzene rings is 1. The van der Waals surface area contributed by atoms with Crippen molar-refractivity contribution in [3.05, 3.63) is 41.5 Å². The highest BCUT2D eigenvalue weighted by Crippen LogP contribution is 2.24. The van der Waals surface area contributed by atoms with Crippen LogP contribution >= 0.6 is 0 Å². The first kappa shape index (κ1) is 12.9. The fourth-order valence-corrected chi connectivity index (χ4v) is 2.13. The summed E-state index contributed by atoms with van der Waals surface area (Å²) >= 11 is 0. The molecule has 3 aromatic rings. The van der Waals surface area contributed by atoms with Crippen molar-refractivity contribution < 1.29 is 0 Å². The molecule has 2 heterocycles. The van der Waals surface area contributed by atoms with Gasteiger partial charge in [0.15, 0.2) is 0 Å². The number of H-pyrrole nitrogens is 2. The lowest BCUT2D eigenvalue weighted by Gasteiger charge is -2.02. The Labute approximate surface area is 120 Å². The number of hydrogen-bond acceptors (Lipinski definition) is 5. The Kier molecular flexibility index (Phi) is 3.12. The van der Waals surface area contributed by atoms with E-state index in [0.29, 0.717) is 5.57 Å². The van der Waals surface area contributed by atoms with Gasteiger partial charge in [-0.1, -0.05) is 0 Å². The molecule has 0 atom stereocenters. The van der Waals surface area contributed by atoms with E-state index in [0.717, 1.165) is 22.3 Å². The first-order valence-electron chi connectivity index (χ1n) is 6.38. The Balaban J connectivity index is 1.91. The number of allylic oxidation sites excluding steroid dienone is 1. The van der Waals surface area contributed by atoms with Gasteiger partial charge in [-0.2, -0.15) is 10.5 Å². The van der Waals surface area contributed by atoms with Crippen molar-refractivity contribution in [2.75, 3.05) is 5.32 Å².